The van der Waals surface area contributed by atoms with Gasteiger partial charge in [-0.15, -0.1) is 0 Å². The molecule has 1 aliphatic carbocycles. The molecule has 3 rings (SSSR count). The van der Waals surface area contributed by atoms with E-state index in [9.17, 15) is 13.6 Å². The number of halogens is 2. The van der Waals surface area contributed by atoms with Gasteiger partial charge in [-0.1, -0.05) is 30.3 Å². The van der Waals surface area contributed by atoms with Crippen molar-refractivity contribution in [3.05, 3.63) is 53.7 Å². The van der Waals surface area contributed by atoms with Crippen molar-refractivity contribution in [1.29, 1.82) is 0 Å². The Morgan fingerprint density at radius 2 is 2.00 bits per heavy atom. The summed E-state index contributed by atoms with van der Waals surface area (Å²) in [4.78, 5) is 13.3. The molecule has 0 radical (unpaired) electrons. The Hall–Kier alpha value is -1.97. The molecule has 2 aliphatic rings. The number of Topliss-reactive ketones (excluding diaryl/α,β-unsaturated/α-hetero) is 1. The number of ketones is 1. The molecule has 1 heterocycles. The quantitative estimate of drug-likeness (QED) is 0.762. The Bertz CT molecular complexity index is 631. The Morgan fingerprint density at radius 3 is 2.50 bits per heavy atom. The topological polar surface area (TPSA) is 20.3 Å². The van der Waals surface area contributed by atoms with Gasteiger partial charge < -0.3 is 4.90 Å². The summed E-state index contributed by atoms with van der Waals surface area (Å²) in [5.41, 5.74) is 2.87. The highest BCUT2D eigenvalue weighted by Crippen LogP contribution is 2.50. The lowest BCUT2D eigenvalue weighted by Crippen LogP contribution is -2.21. The zero-order chi connectivity index (χ0) is 15.7. The molecular weight excluding hydrogens is 284 g/mol. The highest BCUT2D eigenvalue weighted by atomic mass is 19.3. The van der Waals surface area contributed by atoms with E-state index in [4.69, 9.17) is 0 Å². The van der Waals surface area contributed by atoms with Crippen LogP contribution in [-0.4, -0.2) is 29.7 Å². The van der Waals surface area contributed by atoms with Crippen molar-refractivity contribution in [2.45, 2.75) is 25.7 Å². The third-order valence-corrected chi connectivity index (χ3v) is 4.36. The van der Waals surface area contributed by atoms with E-state index in [1.54, 1.807) is 6.92 Å². The molecular formula is C18H19F2NO. The summed E-state index contributed by atoms with van der Waals surface area (Å²) in [7, 11) is 0. The van der Waals surface area contributed by atoms with Crippen molar-refractivity contribution < 1.29 is 13.6 Å². The average Bonchev–Trinajstić information content (AvgIpc) is 3.13. The van der Waals surface area contributed by atoms with Crippen molar-refractivity contribution in [1.82, 2.24) is 4.90 Å². The highest BCUT2D eigenvalue weighted by Gasteiger charge is 2.56. The number of hydrogen-bond donors (Lipinski definition) is 0. The number of nitrogens with zero attached hydrogens (tertiary/aromatic N) is 1. The summed E-state index contributed by atoms with van der Waals surface area (Å²) in [6.07, 6.45) is 6.65. The molecule has 0 bridgehead atoms. The molecule has 2 nitrogen and oxygen atoms in total. The van der Waals surface area contributed by atoms with Gasteiger partial charge in [0, 0.05) is 31.0 Å². The Morgan fingerprint density at radius 1 is 1.32 bits per heavy atom. The summed E-state index contributed by atoms with van der Waals surface area (Å²) in [5.74, 6) is -2.79. The Balaban J connectivity index is 1.55. The fourth-order valence-corrected chi connectivity index (χ4v) is 2.71. The van der Waals surface area contributed by atoms with Gasteiger partial charge in [0.05, 0.1) is 0 Å². The maximum atomic E-state index is 12.9. The Kier molecular flexibility index (Phi) is 3.85. The predicted molar refractivity (Wildman–Crippen MR) is 82.8 cm³/mol. The molecule has 22 heavy (non-hydrogen) atoms. The summed E-state index contributed by atoms with van der Waals surface area (Å²) >= 11 is 0. The van der Waals surface area contributed by atoms with E-state index in [-0.39, 0.29) is 12.2 Å². The number of benzene rings is 1. The van der Waals surface area contributed by atoms with Crippen molar-refractivity contribution in [3.8, 4) is 0 Å². The normalized spacial score (nSPS) is 22.4. The van der Waals surface area contributed by atoms with Gasteiger partial charge in [-0.2, -0.15) is 0 Å². The minimum Gasteiger partial charge on any atom is -0.374 e. The average molecular weight is 303 g/mol. The number of rotatable bonds is 5. The second-order valence-electron chi connectivity index (χ2n) is 6.05. The first kappa shape index (κ1) is 14.9. The van der Waals surface area contributed by atoms with Crippen LogP contribution < -0.4 is 0 Å². The van der Waals surface area contributed by atoms with E-state index in [1.807, 2.05) is 36.5 Å². The number of allylic oxidation sites excluding steroid dienone is 2. The van der Waals surface area contributed by atoms with Crippen LogP contribution in [0.2, 0.25) is 0 Å². The SMILES string of the molecule is CC(=O)c1ccc(C2=CCN(CCC3CC3(F)F)C=C2)cc1. The molecule has 116 valence electrons. The van der Waals surface area contributed by atoms with Gasteiger partial charge in [-0.05, 0) is 36.8 Å². The molecule has 0 aromatic heterocycles. The molecule has 1 saturated carbocycles. The molecule has 1 fully saturated rings. The van der Waals surface area contributed by atoms with Crippen LogP contribution in [0.5, 0.6) is 0 Å². The van der Waals surface area contributed by atoms with E-state index >= 15 is 0 Å². The smallest absolute Gasteiger partial charge is 0.251 e. The van der Waals surface area contributed by atoms with Crippen LogP contribution in [0.4, 0.5) is 8.78 Å². The minimum atomic E-state index is -2.42. The van der Waals surface area contributed by atoms with Crippen LogP contribution >= 0.6 is 0 Å². The standard InChI is InChI=1S/C18H19F2NO/c1-13(22)14-2-4-15(5-3-14)16-6-9-21(10-7-16)11-8-17-12-18(17,19)20/h2-7,9,17H,8,10-12H2,1H3. The molecule has 1 atom stereocenters. The monoisotopic (exact) mass is 303 g/mol. The molecule has 1 aliphatic heterocycles. The molecule has 0 spiro atoms. The van der Waals surface area contributed by atoms with Gasteiger partial charge in [0.1, 0.15) is 0 Å². The fraction of sp³-hybridized carbons (Fsp3) is 0.389. The maximum absolute atomic E-state index is 12.9. The minimum absolute atomic E-state index is 0.0497. The summed E-state index contributed by atoms with van der Waals surface area (Å²) in [6, 6.07) is 7.53. The molecule has 1 aromatic carbocycles. The number of carbonyl (C=O) groups is 1. The van der Waals surface area contributed by atoms with E-state index in [2.05, 4.69) is 11.0 Å². The molecule has 1 unspecified atom stereocenters. The second-order valence-corrected chi connectivity index (χ2v) is 6.05. The lowest BCUT2D eigenvalue weighted by Gasteiger charge is -2.22. The zero-order valence-corrected chi connectivity index (χ0v) is 12.6. The van der Waals surface area contributed by atoms with E-state index in [1.165, 1.54) is 0 Å². The van der Waals surface area contributed by atoms with Crippen LogP contribution in [0, 0.1) is 5.92 Å². The second kappa shape index (κ2) is 5.67. The van der Waals surface area contributed by atoms with Crippen molar-refractivity contribution in [2.75, 3.05) is 13.1 Å². The van der Waals surface area contributed by atoms with Gasteiger partial charge in [0.15, 0.2) is 5.78 Å². The highest BCUT2D eigenvalue weighted by molar-refractivity contribution is 5.94. The largest absolute Gasteiger partial charge is 0.374 e. The number of hydrogen-bond acceptors (Lipinski definition) is 2. The fourth-order valence-electron chi connectivity index (χ4n) is 2.71. The molecule has 4 heteroatoms. The molecule has 0 amide bonds. The predicted octanol–water partition coefficient (Wildman–Crippen LogP) is 4.15. The van der Waals surface area contributed by atoms with Gasteiger partial charge in [0.25, 0.3) is 5.92 Å². The summed E-state index contributed by atoms with van der Waals surface area (Å²) < 4.78 is 25.7. The molecule has 0 saturated heterocycles. The summed E-state index contributed by atoms with van der Waals surface area (Å²) in [6.45, 7) is 2.96. The van der Waals surface area contributed by atoms with Gasteiger partial charge in [-0.3, -0.25) is 4.79 Å². The van der Waals surface area contributed by atoms with Crippen molar-refractivity contribution in [2.24, 2.45) is 5.92 Å². The molecule has 1 aromatic rings. The zero-order valence-electron chi connectivity index (χ0n) is 12.6. The van der Waals surface area contributed by atoms with Gasteiger partial charge in [0.2, 0.25) is 0 Å². The van der Waals surface area contributed by atoms with E-state index in [0.717, 1.165) is 17.7 Å². The van der Waals surface area contributed by atoms with Crippen molar-refractivity contribution in [3.63, 3.8) is 0 Å². The lowest BCUT2D eigenvalue weighted by molar-refractivity contribution is 0.0952. The van der Waals surface area contributed by atoms with E-state index < -0.39 is 11.8 Å². The third-order valence-electron chi connectivity index (χ3n) is 4.36. The van der Waals surface area contributed by atoms with Crippen LogP contribution in [0.15, 0.2) is 42.6 Å². The molecule has 0 N–H and O–H groups in total. The van der Waals surface area contributed by atoms with Gasteiger partial charge >= 0.3 is 0 Å². The lowest BCUT2D eigenvalue weighted by atomic mass is 10.0. The Labute approximate surface area is 129 Å². The van der Waals surface area contributed by atoms with Crippen LogP contribution in [0.1, 0.15) is 35.7 Å². The van der Waals surface area contributed by atoms with Crippen molar-refractivity contribution >= 4 is 11.4 Å². The van der Waals surface area contributed by atoms with Crippen LogP contribution in [0.3, 0.4) is 0 Å². The van der Waals surface area contributed by atoms with Crippen LogP contribution in [0.25, 0.3) is 5.57 Å². The summed E-state index contributed by atoms with van der Waals surface area (Å²) in [5, 5.41) is 0. The van der Waals surface area contributed by atoms with E-state index in [0.29, 0.717) is 18.5 Å². The first-order chi connectivity index (χ1) is 10.5. The third kappa shape index (κ3) is 3.26. The van der Waals surface area contributed by atoms with Gasteiger partial charge in [-0.25, -0.2) is 8.78 Å². The number of carbonyl (C=O) groups excluding carboxylic acids is 1. The van der Waals surface area contributed by atoms with Crippen LogP contribution in [-0.2, 0) is 0 Å². The number of alkyl halides is 2. The first-order valence-corrected chi connectivity index (χ1v) is 7.57. The first-order valence-electron chi connectivity index (χ1n) is 7.57. The maximum Gasteiger partial charge on any atom is 0.251 e.